The molecule has 0 saturated carbocycles. The molecule has 2 rings (SSSR count). The smallest absolute Gasteiger partial charge is 0.238 e. The van der Waals surface area contributed by atoms with Crippen molar-refractivity contribution in [3.05, 3.63) is 22.8 Å². The number of aromatic nitrogens is 1. The van der Waals surface area contributed by atoms with Gasteiger partial charge in [0, 0.05) is 23.9 Å². The molecule has 1 saturated heterocycles. The average molecular weight is 344 g/mol. The molecule has 19 heavy (non-hydrogen) atoms. The number of anilines is 1. The molecule has 1 aliphatic rings. The quantitative estimate of drug-likeness (QED) is 0.819. The highest BCUT2D eigenvalue weighted by Gasteiger charge is 2.43. The number of halogens is 1. The van der Waals surface area contributed by atoms with Gasteiger partial charge in [-0.25, -0.2) is 4.98 Å². The van der Waals surface area contributed by atoms with Crippen LogP contribution in [-0.2, 0) is 9.53 Å². The predicted octanol–water partition coefficient (Wildman–Crippen LogP) is 1.87. The Bertz CT molecular complexity index is 486. The highest BCUT2D eigenvalue weighted by Crippen LogP contribution is 2.32. The van der Waals surface area contributed by atoms with E-state index in [0.29, 0.717) is 31.9 Å². The van der Waals surface area contributed by atoms with E-state index in [1.165, 1.54) is 0 Å². The maximum absolute atomic E-state index is 12.4. The molecular formula is C12H14BrN3O2S. The predicted molar refractivity (Wildman–Crippen MR) is 79.8 cm³/mol. The molecule has 0 aliphatic carbocycles. The molecule has 5 nitrogen and oxygen atoms in total. The summed E-state index contributed by atoms with van der Waals surface area (Å²) >= 11 is 8.36. The Kier molecular flexibility index (Phi) is 4.49. The van der Waals surface area contributed by atoms with Gasteiger partial charge in [0.2, 0.25) is 5.91 Å². The van der Waals surface area contributed by atoms with Crippen molar-refractivity contribution < 1.29 is 9.53 Å². The van der Waals surface area contributed by atoms with Crippen molar-refractivity contribution in [2.75, 3.05) is 18.5 Å². The molecule has 0 unspecified atom stereocenters. The van der Waals surface area contributed by atoms with Gasteiger partial charge in [-0.3, -0.25) is 4.79 Å². The van der Waals surface area contributed by atoms with Crippen LogP contribution in [-0.4, -0.2) is 29.1 Å². The van der Waals surface area contributed by atoms with E-state index in [-0.39, 0.29) is 10.9 Å². The Morgan fingerprint density at radius 2 is 2.16 bits per heavy atom. The van der Waals surface area contributed by atoms with E-state index in [2.05, 4.69) is 26.2 Å². The summed E-state index contributed by atoms with van der Waals surface area (Å²) in [5.41, 5.74) is 4.94. The van der Waals surface area contributed by atoms with Gasteiger partial charge in [-0.1, -0.05) is 12.2 Å². The van der Waals surface area contributed by atoms with Crippen LogP contribution in [0.2, 0.25) is 0 Å². The summed E-state index contributed by atoms with van der Waals surface area (Å²) in [5, 5.41) is 2.77. The van der Waals surface area contributed by atoms with Crippen LogP contribution < -0.4 is 11.1 Å². The first-order chi connectivity index (χ1) is 9.04. The first kappa shape index (κ1) is 14.4. The van der Waals surface area contributed by atoms with Gasteiger partial charge in [0.15, 0.2) is 0 Å². The molecular weight excluding hydrogens is 330 g/mol. The molecule has 0 bridgehead atoms. The second kappa shape index (κ2) is 5.94. The standard InChI is InChI=1S/C12H14BrN3O2S/c13-8-1-2-9(15-7-8)16-11(17)12(10(14)19)3-5-18-6-4-12/h1-2,7H,3-6H2,(H2,14,19)(H,15,16,17). The largest absolute Gasteiger partial charge is 0.392 e. The van der Waals surface area contributed by atoms with E-state index < -0.39 is 5.41 Å². The second-order valence-corrected chi connectivity index (χ2v) is 5.73. The third kappa shape index (κ3) is 3.10. The Morgan fingerprint density at radius 1 is 1.47 bits per heavy atom. The van der Waals surface area contributed by atoms with Crippen molar-refractivity contribution >= 4 is 44.9 Å². The first-order valence-corrected chi connectivity index (χ1v) is 7.05. The van der Waals surface area contributed by atoms with Crippen LogP contribution in [0, 0.1) is 5.41 Å². The van der Waals surface area contributed by atoms with E-state index in [9.17, 15) is 4.79 Å². The molecule has 7 heteroatoms. The number of nitrogens with zero attached hydrogens (tertiary/aromatic N) is 1. The van der Waals surface area contributed by atoms with Crippen LogP contribution in [0.25, 0.3) is 0 Å². The van der Waals surface area contributed by atoms with Gasteiger partial charge in [-0.05, 0) is 40.9 Å². The first-order valence-electron chi connectivity index (χ1n) is 5.85. The van der Waals surface area contributed by atoms with Crippen LogP contribution in [0.5, 0.6) is 0 Å². The molecule has 0 radical (unpaired) electrons. The van der Waals surface area contributed by atoms with Crippen LogP contribution in [0.1, 0.15) is 12.8 Å². The molecule has 1 aromatic rings. The maximum atomic E-state index is 12.4. The number of rotatable bonds is 3. The monoisotopic (exact) mass is 343 g/mol. The minimum atomic E-state index is -0.831. The fourth-order valence-corrected chi connectivity index (χ4v) is 2.52. The maximum Gasteiger partial charge on any atom is 0.238 e. The summed E-state index contributed by atoms with van der Waals surface area (Å²) in [4.78, 5) is 16.8. The van der Waals surface area contributed by atoms with Crippen molar-refractivity contribution in [2.45, 2.75) is 12.8 Å². The molecule has 1 aromatic heterocycles. The van der Waals surface area contributed by atoms with Crippen LogP contribution >= 0.6 is 28.1 Å². The zero-order chi connectivity index (χ0) is 13.9. The lowest BCUT2D eigenvalue weighted by Gasteiger charge is -2.34. The van der Waals surface area contributed by atoms with Gasteiger partial charge in [0.1, 0.15) is 11.2 Å². The summed E-state index contributed by atoms with van der Waals surface area (Å²) in [6.07, 6.45) is 2.63. The molecule has 0 atom stereocenters. The Hall–Kier alpha value is -1.05. The van der Waals surface area contributed by atoms with Gasteiger partial charge in [-0.2, -0.15) is 0 Å². The molecule has 0 aromatic carbocycles. The molecule has 0 spiro atoms. The van der Waals surface area contributed by atoms with Gasteiger partial charge in [0.05, 0.1) is 4.99 Å². The SMILES string of the molecule is NC(=S)C1(C(=O)Nc2ccc(Br)cn2)CCOCC1. The zero-order valence-corrected chi connectivity index (χ0v) is 12.6. The summed E-state index contributed by atoms with van der Waals surface area (Å²) in [6.45, 7) is 0.969. The number of hydrogen-bond acceptors (Lipinski definition) is 4. The van der Waals surface area contributed by atoms with E-state index >= 15 is 0 Å². The van der Waals surface area contributed by atoms with Crippen molar-refractivity contribution in [3.63, 3.8) is 0 Å². The van der Waals surface area contributed by atoms with Crippen molar-refractivity contribution in [3.8, 4) is 0 Å². The molecule has 1 fully saturated rings. The fourth-order valence-electron chi connectivity index (χ4n) is 1.99. The number of carbonyl (C=O) groups is 1. The fraction of sp³-hybridized carbons (Fsp3) is 0.417. The third-order valence-electron chi connectivity index (χ3n) is 3.22. The van der Waals surface area contributed by atoms with Crippen LogP contribution in [0.4, 0.5) is 5.82 Å². The average Bonchev–Trinajstić information content (AvgIpc) is 2.42. The molecule has 102 valence electrons. The summed E-state index contributed by atoms with van der Waals surface area (Å²) in [5.74, 6) is 0.272. The van der Waals surface area contributed by atoms with Crippen molar-refractivity contribution in [1.82, 2.24) is 4.98 Å². The van der Waals surface area contributed by atoms with Gasteiger partial charge in [0.25, 0.3) is 0 Å². The van der Waals surface area contributed by atoms with Crippen molar-refractivity contribution in [2.24, 2.45) is 11.1 Å². The number of hydrogen-bond donors (Lipinski definition) is 2. The molecule has 1 aliphatic heterocycles. The normalized spacial score (nSPS) is 17.7. The van der Waals surface area contributed by atoms with Gasteiger partial charge >= 0.3 is 0 Å². The number of pyridine rings is 1. The highest BCUT2D eigenvalue weighted by atomic mass is 79.9. The van der Waals surface area contributed by atoms with Crippen molar-refractivity contribution in [1.29, 1.82) is 0 Å². The zero-order valence-electron chi connectivity index (χ0n) is 10.2. The second-order valence-electron chi connectivity index (χ2n) is 4.37. The lowest BCUT2D eigenvalue weighted by molar-refractivity contribution is -0.126. The molecule has 1 amide bonds. The molecule has 2 heterocycles. The Morgan fingerprint density at radius 3 is 2.68 bits per heavy atom. The third-order valence-corrected chi connectivity index (χ3v) is 4.08. The molecule has 3 N–H and O–H groups in total. The minimum Gasteiger partial charge on any atom is -0.392 e. The van der Waals surface area contributed by atoms with Gasteiger partial charge < -0.3 is 15.8 Å². The van der Waals surface area contributed by atoms with E-state index in [1.54, 1.807) is 18.3 Å². The lowest BCUT2D eigenvalue weighted by atomic mass is 9.79. The number of thiocarbonyl (C=S) groups is 1. The summed E-state index contributed by atoms with van der Waals surface area (Å²) in [6, 6.07) is 3.52. The Balaban J connectivity index is 2.16. The highest BCUT2D eigenvalue weighted by molar-refractivity contribution is 9.10. The van der Waals surface area contributed by atoms with Crippen LogP contribution in [0.15, 0.2) is 22.8 Å². The number of nitrogens with two attached hydrogens (primary N) is 1. The van der Waals surface area contributed by atoms with Crippen LogP contribution in [0.3, 0.4) is 0 Å². The lowest BCUT2D eigenvalue weighted by Crippen LogP contribution is -2.49. The Labute approximate surface area is 125 Å². The topological polar surface area (TPSA) is 77.2 Å². The number of nitrogens with one attached hydrogen (secondary N) is 1. The van der Waals surface area contributed by atoms with E-state index in [1.807, 2.05) is 0 Å². The summed E-state index contributed by atoms with van der Waals surface area (Å²) in [7, 11) is 0. The van der Waals surface area contributed by atoms with Gasteiger partial charge in [-0.15, -0.1) is 0 Å². The minimum absolute atomic E-state index is 0.210. The number of carbonyl (C=O) groups excluding carboxylic acids is 1. The van der Waals surface area contributed by atoms with E-state index in [4.69, 9.17) is 22.7 Å². The summed E-state index contributed by atoms with van der Waals surface area (Å²) < 4.78 is 6.12. The number of ether oxygens (including phenoxy) is 1. The number of amides is 1. The van der Waals surface area contributed by atoms with E-state index in [0.717, 1.165) is 4.47 Å².